The van der Waals surface area contributed by atoms with Crippen LogP contribution in [0, 0.1) is 10.1 Å². The number of hydrogen-bond donors (Lipinski definition) is 0. The molecule has 0 aromatic heterocycles. The van der Waals surface area contributed by atoms with Crippen molar-refractivity contribution in [1.82, 2.24) is 4.90 Å². The van der Waals surface area contributed by atoms with Crippen molar-refractivity contribution in [2.24, 2.45) is 0 Å². The molecule has 0 bridgehead atoms. The first-order valence-electron chi connectivity index (χ1n) is 9.54. The van der Waals surface area contributed by atoms with Crippen LogP contribution in [-0.4, -0.2) is 42.7 Å². The summed E-state index contributed by atoms with van der Waals surface area (Å²) in [6, 6.07) is 13.3. The monoisotopic (exact) mass is 368 g/mol. The third kappa shape index (κ3) is 4.22. The van der Waals surface area contributed by atoms with Gasteiger partial charge in [-0.1, -0.05) is 18.2 Å². The van der Waals surface area contributed by atoms with Crippen molar-refractivity contribution in [1.29, 1.82) is 0 Å². The van der Waals surface area contributed by atoms with Crippen LogP contribution in [0.15, 0.2) is 42.5 Å². The molecule has 27 heavy (non-hydrogen) atoms. The van der Waals surface area contributed by atoms with Gasteiger partial charge in [-0.15, -0.1) is 0 Å². The van der Waals surface area contributed by atoms with E-state index in [2.05, 4.69) is 17.0 Å². The van der Waals surface area contributed by atoms with E-state index in [0.29, 0.717) is 19.1 Å². The van der Waals surface area contributed by atoms with Gasteiger partial charge in [-0.25, -0.2) is 0 Å². The molecule has 1 saturated heterocycles. The molecule has 0 N–H and O–H groups in total. The minimum absolute atomic E-state index is 0.160. The number of nitrogens with zero attached hydrogens (tertiary/aromatic N) is 2. The fourth-order valence-corrected chi connectivity index (χ4v) is 3.93. The number of nitro groups is 1. The van der Waals surface area contributed by atoms with Crippen LogP contribution in [0.5, 0.6) is 11.5 Å². The highest BCUT2D eigenvalue weighted by atomic mass is 16.6. The highest BCUT2D eigenvalue weighted by molar-refractivity contribution is 5.43. The lowest BCUT2D eigenvalue weighted by molar-refractivity contribution is -0.384. The molecule has 2 aromatic rings. The number of benzene rings is 2. The molecule has 0 spiro atoms. The molecule has 2 aliphatic heterocycles. The van der Waals surface area contributed by atoms with Crippen molar-refractivity contribution in [3.8, 4) is 11.5 Å². The van der Waals surface area contributed by atoms with E-state index in [4.69, 9.17) is 9.47 Å². The fourth-order valence-electron chi connectivity index (χ4n) is 3.93. The summed E-state index contributed by atoms with van der Waals surface area (Å²) < 4.78 is 11.2. The number of ether oxygens (including phenoxy) is 2. The lowest BCUT2D eigenvalue weighted by Gasteiger charge is -2.19. The maximum atomic E-state index is 10.8. The van der Waals surface area contributed by atoms with Crippen molar-refractivity contribution >= 4 is 5.69 Å². The third-order valence-corrected chi connectivity index (χ3v) is 5.39. The molecule has 0 radical (unpaired) electrons. The van der Waals surface area contributed by atoms with E-state index in [1.54, 1.807) is 12.1 Å². The van der Waals surface area contributed by atoms with Gasteiger partial charge in [0.2, 0.25) is 0 Å². The number of hydrogen-bond acceptors (Lipinski definition) is 5. The third-order valence-electron chi connectivity index (χ3n) is 5.39. The zero-order valence-corrected chi connectivity index (χ0v) is 15.3. The lowest BCUT2D eigenvalue weighted by atomic mass is 9.98. The number of fused-ring (bicyclic) bond motifs is 1. The first-order valence-corrected chi connectivity index (χ1v) is 9.54. The Bertz CT molecular complexity index is 806. The fraction of sp³-hybridized carbons (Fsp3) is 0.429. The van der Waals surface area contributed by atoms with Gasteiger partial charge < -0.3 is 14.4 Å². The molecule has 142 valence electrons. The molecule has 6 nitrogen and oxygen atoms in total. The van der Waals surface area contributed by atoms with Gasteiger partial charge >= 0.3 is 0 Å². The first kappa shape index (κ1) is 17.8. The Labute approximate surface area is 158 Å². The average molecular weight is 368 g/mol. The molecule has 0 amide bonds. The predicted molar refractivity (Wildman–Crippen MR) is 103 cm³/mol. The predicted octanol–water partition coefficient (Wildman–Crippen LogP) is 3.79. The zero-order chi connectivity index (χ0) is 18.6. The van der Waals surface area contributed by atoms with Crippen LogP contribution < -0.4 is 9.47 Å². The van der Waals surface area contributed by atoms with E-state index in [0.717, 1.165) is 50.4 Å². The number of likely N-dealkylation sites (tertiary alicyclic amines) is 1. The van der Waals surface area contributed by atoms with Crippen LogP contribution in [0.4, 0.5) is 5.69 Å². The zero-order valence-electron chi connectivity index (χ0n) is 15.3. The highest BCUT2D eigenvalue weighted by Gasteiger charge is 2.24. The van der Waals surface area contributed by atoms with Crippen LogP contribution in [0.2, 0.25) is 0 Å². The van der Waals surface area contributed by atoms with Crippen molar-refractivity contribution in [3.05, 3.63) is 63.7 Å². The van der Waals surface area contributed by atoms with Crippen LogP contribution in [0.25, 0.3) is 0 Å². The van der Waals surface area contributed by atoms with Gasteiger partial charge in [0.05, 0.1) is 4.92 Å². The van der Waals surface area contributed by atoms with Crippen LogP contribution in [0.1, 0.15) is 29.9 Å². The molecule has 2 aromatic carbocycles. The Balaban J connectivity index is 1.26. The standard InChI is InChI=1S/C21H24N2O4/c24-23(25)19-6-4-17(5-7-19)18-9-11-22(15-18)10-1-2-16-3-8-20-21(14-16)27-13-12-26-20/h3-8,14,18H,1-2,9-13,15H2. The molecule has 1 fully saturated rings. The molecule has 0 saturated carbocycles. The molecule has 1 atom stereocenters. The summed E-state index contributed by atoms with van der Waals surface area (Å²) in [6.45, 7) is 4.42. The van der Waals surface area contributed by atoms with E-state index >= 15 is 0 Å². The van der Waals surface area contributed by atoms with Gasteiger partial charge in [0.15, 0.2) is 11.5 Å². The number of nitro benzene ring substituents is 1. The maximum absolute atomic E-state index is 10.8. The summed E-state index contributed by atoms with van der Waals surface area (Å²) in [4.78, 5) is 12.9. The number of non-ortho nitro benzene ring substituents is 1. The van der Waals surface area contributed by atoms with Gasteiger partial charge in [0, 0.05) is 18.7 Å². The maximum Gasteiger partial charge on any atom is 0.269 e. The Morgan fingerprint density at radius 3 is 2.63 bits per heavy atom. The van der Waals surface area contributed by atoms with Crippen LogP contribution in [0.3, 0.4) is 0 Å². The second kappa shape index (κ2) is 7.96. The topological polar surface area (TPSA) is 64.8 Å². The van der Waals surface area contributed by atoms with Crippen LogP contribution >= 0.6 is 0 Å². The molecule has 6 heteroatoms. The van der Waals surface area contributed by atoms with Gasteiger partial charge in [-0.2, -0.15) is 0 Å². The number of aryl methyl sites for hydroxylation is 1. The summed E-state index contributed by atoms with van der Waals surface area (Å²) in [5.41, 5.74) is 2.65. The molecule has 0 aliphatic carbocycles. The Morgan fingerprint density at radius 1 is 1.07 bits per heavy atom. The SMILES string of the molecule is O=[N+]([O-])c1ccc(C2CCN(CCCc3ccc4c(c3)OCCO4)C2)cc1. The summed E-state index contributed by atoms with van der Waals surface area (Å²) in [7, 11) is 0. The minimum Gasteiger partial charge on any atom is -0.486 e. The highest BCUT2D eigenvalue weighted by Crippen LogP contribution is 2.31. The molecule has 1 unspecified atom stereocenters. The summed E-state index contributed by atoms with van der Waals surface area (Å²) in [5, 5.41) is 10.8. The lowest BCUT2D eigenvalue weighted by Crippen LogP contribution is -2.22. The second-order valence-corrected chi connectivity index (χ2v) is 7.22. The van der Waals surface area contributed by atoms with Gasteiger partial charge in [-0.3, -0.25) is 10.1 Å². The Kier molecular flexibility index (Phi) is 5.25. The average Bonchev–Trinajstić information content (AvgIpc) is 3.17. The van der Waals surface area contributed by atoms with Crippen molar-refractivity contribution < 1.29 is 14.4 Å². The van der Waals surface area contributed by atoms with Crippen molar-refractivity contribution in [2.75, 3.05) is 32.8 Å². The Hall–Kier alpha value is -2.60. The Morgan fingerprint density at radius 2 is 1.85 bits per heavy atom. The normalized spacial score (nSPS) is 19.2. The molecular formula is C21H24N2O4. The van der Waals surface area contributed by atoms with E-state index < -0.39 is 0 Å². The number of rotatable bonds is 6. The van der Waals surface area contributed by atoms with Crippen LogP contribution in [-0.2, 0) is 6.42 Å². The molecule has 4 rings (SSSR count). The van der Waals surface area contributed by atoms with E-state index in [-0.39, 0.29) is 10.6 Å². The second-order valence-electron chi connectivity index (χ2n) is 7.22. The van der Waals surface area contributed by atoms with Crippen molar-refractivity contribution in [3.63, 3.8) is 0 Å². The van der Waals surface area contributed by atoms with Gasteiger partial charge in [0.25, 0.3) is 5.69 Å². The van der Waals surface area contributed by atoms with Gasteiger partial charge in [0.1, 0.15) is 13.2 Å². The summed E-state index contributed by atoms with van der Waals surface area (Å²) in [5.74, 6) is 2.17. The minimum atomic E-state index is -0.345. The largest absolute Gasteiger partial charge is 0.486 e. The van der Waals surface area contributed by atoms with E-state index in [1.807, 2.05) is 18.2 Å². The van der Waals surface area contributed by atoms with E-state index in [1.165, 1.54) is 11.1 Å². The molecule has 2 aliphatic rings. The summed E-state index contributed by atoms with van der Waals surface area (Å²) >= 11 is 0. The molecule has 2 heterocycles. The smallest absolute Gasteiger partial charge is 0.269 e. The van der Waals surface area contributed by atoms with Crippen molar-refractivity contribution in [2.45, 2.75) is 25.2 Å². The first-order chi connectivity index (χ1) is 13.2. The quantitative estimate of drug-likeness (QED) is 0.573. The van der Waals surface area contributed by atoms with Gasteiger partial charge in [-0.05, 0) is 61.5 Å². The molecular weight excluding hydrogens is 344 g/mol. The van der Waals surface area contributed by atoms with E-state index in [9.17, 15) is 10.1 Å². The summed E-state index contributed by atoms with van der Waals surface area (Å²) in [6.07, 6.45) is 3.24.